The zero-order valence-corrected chi connectivity index (χ0v) is 31.1. The van der Waals surface area contributed by atoms with Gasteiger partial charge < -0.3 is 23.8 Å². The fraction of sp³-hybridized carbons (Fsp3) is 0.897. The molecule has 1 saturated heterocycles. The number of hydrogen-bond donors (Lipinski definition) is 0. The van der Waals surface area contributed by atoms with E-state index in [1.165, 1.54) is 32.1 Å². The molecule has 1 heterocycles. The van der Waals surface area contributed by atoms with Crippen molar-refractivity contribution < 1.29 is 38.1 Å². The second-order valence-electron chi connectivity index (χ2n) is 13.7. The number of esters is 4. The Bertz CT molecular complexity index is 810. The van der Waals surface area contributed by atoms with E-state index >= 15 is 0 Å². The number of ether oxygens (including phenoxy) is 4. The van der Waals surface area contributed by atoms with Gasteiger partial charge in [0.15, 0.2) is 0 Å². The number of likely N-dealkylation sites (tertiary alicyclic amines) is 1. The van der Waals surface area contributed by atoms with Crippen molar-refractivity contribution in [3.05, 3.63) is 0 Å². The van der Waals surface area contributed by atoms with Crippen LogP contribution in [0.1, 0.15) is 181 Å². The summed E-state index contributed by atoms with van der Waals surface area (Å²) in [7, 11) is 0. The highest BCUT2D eigenvalue weighted by Crippen LogP contribution is 2.27. The van der Waals surface area contributed by atoms with Crippen LogP contribution in [-0.4, -0.2) is 73.8 Å². The second-order valence-corrected chi connectivity index (χ2v) is 13.7. The first-order valence-electron chi connectivity index (χ1n) is 19.8. The maximum Gasteiger partial charge on any atom is 0.351 e. The highest BCUT2D eigenvalue weighted by molar-refractivity contribution is 5.92. The van der Waals surface area contributed by atoms with Gasteiger partial charge in [-0.2, -0.15) is 0 Å². The third-order valence-corrected chi connectivity index (χ3v) is 9.10. The first kappa shape index (κ1) is 43.9. The highest BCUT2D eigenvalue weighted by Gasteiger charge is 2.49. The molecule has 1 aliphatic heterocycles. The van der Waals surface area contributed by atoms with Gasteiger partial charge in [0.05, 0.1) is 32.7 Å². The van der Waals surface area contributed by atoms with Crippen molar-refractivity contribution in [2.75, 3.05) is 39.5 Å². The molecule has 0 unspecified atom stereocenters. The summed E-state index contributed by atoms with van der Waals surface area (Å²) in [5.41, 5.74) is -2.12. The van der Waals surface area contributed by atoms with Gasteiger partial charge >= 0.3 is 23.9 Å². The van der Waals surface area contributed by atoms with Crippen LogP contribution in [0.15, 0.2) is 0 Å². The van der Waals surface area contributed by atoms with E-state index in [-0.39, 0.29) is 26.2 Å². The molecule has 0 spiro atoms. The summed E-state index contributed by atoms with van der Waals surface area (Å²) in [6.07, 6.45) is 21.2. The molecule has 0 aromatic carbocycles. The van der Waals surface area contributed by atoms with E-state index in [9.17, 15) is 19.2 Å². The predicted molar refractivity (Wildman–Crippen MR) is 191 cm³/mol. The Morgan fingerprint density at radius 2 is 0.917 bits per heavy atom. The predicted octanol–water partition coefficient (Wildman–Crippen LogP) is 9.03. The largest absolute Gasteiger partial charge is 0.466 e. The smallest absolute Gasteiger partial charge is 0.351 e. The monoisotopic (exact) mass is 682 g/mol. The van der Waals surface area contributed by atoms with Crippen LogP contribution in [0.3, 0.4) is 0 Å². The summed E-state index contributed by atoms with van der Waals surface area (Å²) in [6.45, 7) is 10.1. The first-order valence-corrected chi connectivity index (χ1v) is 19.8. The van der Waals surface area contributed by atoms with E-state index in [1.807, 2.05) is 0 Å². The van der Waals surface area contributed by atoms with E-state index in [4.69, 9.17) is 18.9 Å². The fourth-order valence-corrected chi connectivity index (χ4v) is 6.08. The van der Waals surface area contributed by atoms with E-state index in [0.717, 1.165) is 103 Å². The Labute approximate surface area is 292 Å². The van der Waals surface area contributed by atoms with Gasteiger partial charge in [-0.15, -0.1) is 0 Å². The minimum Gasteiger partial charge on any atom is -0.466 e. The lowest BCUT2D eigenvalue weighted by atomic mass is 9.94. The number of carbonyl (C=O) groups is 4. The molecule has 280 valence electrons. The van der Waals surface area contributed by atoms with Crippen LogP contribution in [0.4, 0.5) is 0 Å². The summed E-state index contributed by atoms with van der Waals surface area (Å²) in [6, 6.07) is 0. The molecule has 0 atom stereocenters. The van der Waals surface area contributed by atoms with Crippen molar-refractivity contribution in [3.63, 3.8) is 0 Å². The molecule has 9 nitrogen and oxygen atoms in total. The van der Waals surface area contributed by atoms with Gasteiger partial charge in [0.25, 0.3) is 0 Å². The molecule has 0 N–H and O–H groups in total. The van der Waals surface area contributed by atoms with Gasteiger partial charge in [0, 0.05) is 6.42 Å². The normalized spacial score (nSPS) is 13.4. The van der Waals surface area contributed by atoms with Gasteiger partial charge in [-0.05, 0) is 64.6 Å². The second kappa shape index (κ2) is 29.7. The molecule has 0 radical (unpaired) electrons. The lowest BCUT2D eigenvalue weighted by molar-refractivity contribution is -0.191. The molecule has 9 heteroatoms. The van der Waals surface area contributed by atoms with Crippen molar-refractivity contribution in [1.29, 1.82) is 0 Å². The van der Waals surface area contributed by atoms with Crippen molar-refractivity contribution in [2.24, 2.45) is 0 Å². The van der Waals surface area contributed by atoms with Crippen LogP contribution in [0.2, 0.25) is 0 Å². The third-order valence-electron chi connectivity index (χ3n) is 9.10. The Kier molecular flexibility index (Phi) is 27.2. The zero-order chi connectivity index (χ0) is 35.1. The summed E-state index contributed by atoms with van der Waals surface area (Å²) < 4.78 is 22.5. The molecule has 1 rings (SSSR count). The first-order chi connectivity index (χ1) is 23.4. The molecule has 0 aromatic heterocycles. The average molecular weight is 682 g/mol. The zero-order valence-electron chi connectivity index (χ0n) is 31.1. The van der Waals surface area contributed by atoms with Crippen molar-refractivity contribution in [2.45, 2.75) is 187 Å². The molecular formula is C39H71NO8. The van der Waals surface area contributed by atoms with Gasteiger partial charge in [-0.3, -0.25) is 14.4 Å². The van der Waals surface area contributed by atoms with E-state index < -0.39 is 42.3 Å². The Balaban J connectivity index is 2.93. The molecule has 1 fully saturated rings. The third kappa shape index (κ3) is 22.5. The number of hydrogen-bond acceptors (Lipinski definition) is 9. The SMILES string of the molecule is CCCCCCCCOC(=O)CC(CC(=O)OCCCCCCCC)(OC(=O)CCCCN1CCCC1)C(=O)OCCCCCCCC. The van der Waals surface area contributed by atoms with Gasteiger partial charge in [0.1, 0.15) is 0 Å². The maximum atomic E-state index is 13.7. The standard InChI is InChI=1S/C39H71NO8/c1-4-7-10-13-16-23-30-45-36(42)33-39(38(44)47-32-25-18-15-12-9-6-3,34-37(43)46-31-24-17-14-11-8-5-2)48-35(41)26-19-20-27-40-28-21-22-29-40/h4-34H2,1-3H3. The molecule has 48 heavy (non-hydrogen) atoms. The molecule has 0 aromatic rings. The summed E-state index contributed by atoms with van der Waals surface area (Å²) in [5.74, 6) is -2.88. The van der Waals surface area contributed by atoms with Crippen LogP contribution >= 0.6 is 0 Å². The number of nitrogens with zero attached hydrogens (tertiary/aromatic N) is 1. The number of rotatable bonds is 32. The Morgan fingerprint density at radius 1 is 0.500 bits per heavy atom. The summed E-state index contributed by atoms with van der Waals surface area (Å²) in [5, 5.41) is 0. The topological polar surface area (TPSA) is 108 Å². The fourth-order valence-electron chi connectivity index (χ4n) is 6.08. The Hall–Kier alpha value is -2.16. The van der Waals surface area contributed by atoms with Gasteiger partial charge in [-0.1, -0.05) is 117 Å². The number of carbonyl (C=O) groups excluding carboxylic acids is 4. The lowest BCUT2D eigenvalue weighted by Gasteiger charge is -2.30. The quantitative estimate of drug-likeness (QED) is 0.0390. The highest BCUT2D eigenvalue weighted by atomic mass is 16.6. The Morgan fingerprint density at radius 3 is 1.38 bits per heavy atom. The number of unbranched alkanes of at least 4 members (excludes halogenated alkanes) is 16. The van der Waals surface area contributed by atoms with Gasteiger partial charge in [0.2, 0.25) is 5.60 Å². The van der Waals surface area contributed by atoms with Crippen LogP contribution in [0.25, 0.3) is 0 Å². The lowest BCUT2D eigenvalue weighted by Crippen LogP contribution is -2.48. The van der Waals surface area contributed by atoms with Crippen LogP contribution < -0.4 is 0 Å². The molecule has 1 aliphatic rings. The van der Waals surface area contributed by atoms with E-state index in [0.29, 0.717) is 25.7 Å². The molecule has 0 aliphatic carbocycles. The van der Waals surface area contributed by atoms with Crippen LogP contribution in [0, 0.1) is 0 Å². The minimum absolute atomic E-state index is 0.0832. The van der Waals surface area contributed by atoms with E-state index in [1.54, 1.807) is 0 Å². The van der Waals surface area contributed by atoms with Gasteiger partial charge in [-0.25, -0.2) is 4.79 Å². The molecule has 0 saturated carbocycles. The van der Waals surface area contributed by atoms with Crippen LogP contribution in [-0.2, 0) is 38.1 Å². The summed E-state index contributed by atoms with van der Waals surface area (Å²) in [4.78, 5) is 55.7. The van der Waals surface area contributed by atoms with Crippen molar-refractivity contribution >= 4 is 23.9 Å². The van der Waals surface area contributed by atoms with E-state index in [2.05, 4.69) is 25.7 Å². The molecule has 0 bridgehead atoms. The van der Waals surface area contributed by atoms with Crippen LogP contribution in [0.5, 0.6) is 0 Å². The minimum atomic E-state index is -2.12. The average Bonchev–Trinajstić information content (AvgIpc) is 3.59. The maximum absolute atomic E-state index is 13.7. The molecule has 0 amide bonds. The van der Waals surface area contributed by atoms with Crippen molar-refractivity contribution in [1.82, 2.24) is 4.90 Å². The molecular weight excluding hydrogens is 610 g/mol. The van der Waals surface area contributed by atoms with Crippen molar-refractivity contribution in [3.8, 4) is 0 Å². The summed E-state index contributed by atoms with van der Waals surface area (Å²) >= 11 is 0.